The number of pyridine rings is 1. The minimum absolute atomic E-state index is 0.154. The minimum atomic E-state index is -0.175. The summed E-state index contributed by atoms with van der Waals surface area (Å²) in [4.78, 5) is 15.8. The average molecular weight is 307 g/mol. The fourth-order valence-corrected chi connectivity index (χ4v) is 1.85. The number of aromatic nitrogens is 1. The molecule has 0 bridgehead atoms. The van der Waals surface area contributed by atoms with Crippen molar-refractivity contribution >= 4 is 27.7 Å². The molecule has 1 amide bonds. The molecule has 0 aliphatic heterocycles. The smallest absolute Gasteiger partial charge is 0.229 e. The third kappa shape index (κ3) is 3.56. The number of anilines is 1. The number of phenolic OH excluding ortho intramolecular Hbond substituents is 1. The van der Waals surface area contributed by atoms with Gasteiger partial charge < -0.3 is 10.4 Å². The molecule has 5 heteroatoms. The predicted octanol–water partition coefficient (Wildman–Crippen LogP) is 2.73. The molecule has 0 saturated heterocycles. The van der Waals surface area contributed by atoms with Gasteiger partial charge in [-0.2, -0.15) is 0 Å². The second-order valence-electron chi connectivity index (χ2n) is 3.75. The summed E-state index contributed by atoms with van der Waals surface area (Å²) in [7, 11) is 0. The van der Waals surface area contributed by atoms with Crippen LogP contribution in [0.3, 0.4) is 0 Å². The molecule has 0 aliphatic carbocycles. The second kappa shape index (κ2) is 5.64. The lowest BCUT2D eigenvalue weighted by molar-refractivity contribution is -0.115. The highest BCUT2D eigenvalue weighted by Gasteiger charge is 2.05. The van der Waals surface area contributed by atoms with Gasteiger partial charge in [-0.05, 0) is 29.8 Å². The van der Waals surface area contributed by atoms with Crippen molar-refractivity contribution < 1.29 is 9.90 Å². The Morgan fingerprint density at radius 1 is 1.33 bits per heavy atom. The molecule has 2 aromatic rings. The normalized spacial score (nSPS) is 10.1. The number of hydrogen-bond donors (Lipinski definition) is 2. The van der Waals surface area contributed by atoms with E-state index in [2.05, 4.69) is 26.2 Å². The quantitative estimate of drug-likeness (QED) is 0.916. The Balaban J connectivity index is 2.01. The summed E-state index contributed by atoms with van der Waals surface area (Å²) in [5.41, 5.74) is 0.752. The molecule has 1 heterocycles. The molecule has 0 radical (unpaired) electrons. The van der Waals surface area contributed by atoms with E-state index in [9.17, 15) is 9.90 Å². The summed E-state index contributed by atoms with van der Waals surface area (Å²) in [5, 5.41) is 12.0. The Labute approximate surface area is 113 Å². The molecular formula is C13H11BrN2O2. The van der Waals surface area contributed by atoms with E-state index in [0.717, 1.165) is 10.0 Å². The highest BCUT2D eigenvalue weighted by atomic mass is 79.9. The van der Waals surface area contributed by atoms with E-state index in [0.29, 0.717) is 5.82 Å². The van der Waals surface area contributed by atoms with Gasteiger partial charge in [0.05, 0.1) is 6.42 Å². The third-order valence-corrected chi connectivity index (χ3v) is 2.76. The van der Waals surface area contributed by atoms with Crippen molar-refractivity contribution in [1.82, 2.24) is 4.98 Å². The number of rotatable bonds is 3. The first-order chi connectivity index (χ1) is 8.63. The number of hydrogen-bond acceptors (Lipinski definition) is 3. The first kappa shape index (κ1) is 12.6. The SMILES string of the molecule is O=C(Cc1cccc(O)c1)Nc1cc(Br)ccn1. The van der Waals surface area contributed by atoms with Crippen LogP contribution >= 0.6 is 15.9 Å². The van der Waals surface area contributed by atoms with Crippen LogP contribution in [0.4, 0.5) is 5.82 Å². The lowest BCUT2D eigenvalue weighted by Gasteiger charge is -2.05. The molecule has 2 rings (SSSR count). The van der Waals surface area contributed by atoms with Gasteiger partial charge in [-0.15, -0.1) is 0 Å². The van der Waals surface area contributed by atoms with Crippen LogP contribution in [-0.2, 0) is 11.2 Å². The summed E-state index contributed by atoms with van der Waals surface area (Å²) in [6.07, 6.45) is 1.80. The van der Waals surface area contributed by atoms with Crippen molar-refractivity contribution in [2.24, 2.45) is 0 Å². The maximum atomic E-state index is 11.8. The molecule has 0 unspecified atom stereocenters. The summed E-state index contributed by atoms with van der Waals surface area (Å²) in [6.45, 7) is 0. The number of amides is 1. The lowest BCUT2D eigenvalue weighted by Crippen LogP contribution is -2.15. The predicted molar refractivity (Wildman–Crippen MR) is 72.4 cm³/mol. The second-order valence-corrected chi connectivity index (χ2v) is 4.67. The molecule has 1 aromatic heterocycles. The number of nitrogens with zero attached hydrogens (tertiary/aromatic N) is 1. The molecule has 18 heavy (non-hydrogen) atoms. The minimum Gasteiger partial charge on any atom is -0.508 e. The van der Waals surface area contributed by atoms with E-state index < -0.39 is 0 Å². The fourth-order valence-electron chi connectivity index (χ4n) is 1.51. The molecule has 0 spiro atoms. The molecule has 0 fully saturated rings. The standard InChI is InChI=1S/C13H11BrN2O2/c14-10-4-5-15-12(8-10)16-13(18)7-9-2-1-3-11(17)6-9/h1-6,8,17H,7H2,(H,15,16,18). The van der Waals surface area contributed by atoms with Crippen molar-refractivity contribution in [3.05, 3.63) is 52.6 Å². The molecule has 0 aliphatic rings. The fraction of sp³-hybridized carbons (Fsp3) is 0.0769. The van der Waals surface area contributed by atoms with Crippen molar-refractivity contribution in [3.63, 3.8) is 0 Å². The van der Waals surface area contributed by atoms with Gasteiger partial charge in [-0.1, -0.05) is 28.1 Å². The van der Waals surface area contributed by atoms with Gasteiger partial charge in [0.2, 0.25) is 5.91 Å². The van der Waals surface area contributed by atoms with E-state index in [1.54, 1.807) is 42.6 Å². The number of phenols is 1. The number of halogens is 1. The van der Waals surface area contributed by atoms with Crippen molar-refractivity contribution in [2.75, 3.05) is 5.32 Å². The Morgan fingerprint density at radius 3 is 2.89 bits per heavy atom. The van der Waals surface area contributed by atoms with Gasteiger partial charge in [0.1, 0.15) is 11.6 Å². The first-order valence-corrected chi connectivity index (χ1v) is 6.12. The van der Waals surface area contributed by atoms with Gasteiger partial charge >= 0.3 is 0 Å². The number of carbonyl (C=O) groups is 1. The summed E-state index contributed by atoms with van der Waals surface area (Å²) < 4.78 is 0.852. The van der Waals surface area contributed by atoms with Crippen LogP contribution in [0.1, 0.15) is 5.56 Å². The highest BCUT2D eigenvalue weighted by molar-refractivity contribution is 9.10. The van der Waals surface area contributed by atoms with Crippen LogP contribution in [0.25, 0.3) is 0 Å². The van der Waals surface area contributed by atoms with Crippen LogP contribution in [0.2, 0.25) is 0 Å². The monoisotopic (exact) mass is 306 g/mol. The third-order valence-electron chi connectivity index (χ3n) is 2.26. The van der Waals surface area contributed by atoms with Crippen LogP contribution in [0, 0.1) is 0 Å². The van der Waals surface area contributed by atoms with Crippen LogP contribution in [-0.4, -0.2) is 16.0 Å². The van der Waals surface area contributed by atoms with Crippen molar-refractivity contribution in [2.45, 2.75) is 6.42 Å². The van der Waals surface area contributed by atoms with E-state index in [1.807, 2.05) is 0 Å². The Kier molecular flexibility index (Phi) is 3.94. The maximum Gasteiger partial charge on any atom is 0.229 e. The molecule has 1 aromatic carbocycles. The lowest BCUT2D eigenvalue weighted by atomic mass is 10.1. The van der Waals surface area contributed by atoms with Crippen LogP contribution in [0.5, 0.6) is 5.75 Å². The van der Waals surface area contributed by atoms with Crippen LogP contribution in [0.15, 0.2) is 47.1 Å². The average Bonchev–Trinajstić information content (AvgIpc) is 2.28. The zero-order valence-corrected chi connectivity index (χ0v) is 11.0. The molecule has 0 atom stereocenters. The molecule has 2 N–H and O–H groups in total. The van der Waals surface area contributed by atoms with Crippen LogP contribution < -0.4 is 5.32 Å². The maximum absolute atomic E-state index is 11.8. The summed E-state index contributed by atoms with van der Waals surface area (Å²) >= 11 is 3.30. The number of nitrogens with one attached hydrogen (secondary N) is 1. The molecular weight excluding hydrogens is 296 g/mol. The number of benzene rings is 1. The molecule has 92 valence electrons. The summed E-state index contributed by atoms with van der Waals surface area (Å²) in [5.74, 6) is 0.474. The van der Waals surface area contributed by atoms with E-state index >= 15 is 0 Å². The largest absolute Gasteiger partial charge is 0.508 e. The van der Waals surface area contributed by atoms with E-state index in [1.165, 1.54) is 0 Å². The molecule has 0 saturated carbocycles. The van der Waals surface area contributed by atoms with Gasteiger partial charge in [-0.25, -0.2) is 4.98 Å². The highest BCUT2D eigenvalue weighted by Crippen LogP contribution is 2.14. The Bertz CT molecular complexity index is 523. The zero-order valence-electron chi connectivity index (χ0n) is 9.43. The van der Waals surface area contributed by atoms with Crippen molar-refractivity contribution in [1.29, 1.82) is 0 Å². The Hall–Kier alpha value is -1.88. The topological polar surface area (TPSA) is 62.2 Å². The number of carbonyl (C=O) groups excluding carboxylic acids is 1. The van der Waals surface area contributed by atoms with Gasteiger partial charge in [0, 0.05) is 10.7 Å². The van der Waals surface area contributed by atoms with Gasteiger partial charge in [-0.3, -0.25) is 4.79 Å². The van der Waals surface area contributed by atoms with Gasteiger partial charge in [0.25, 0.3) is 0 Å². The number of aromatic hydroxyl groups is 1. The van der Waals surface area contributed by atoms with E-state index in [4.69, 9.17) is 0 Å². The Morgan fingerprint density at radius 2 is 2.17 bits per heavy atom. The zero-order chi connectivity index (χ0) is 13.0. The van der Waals surface area contributed by atoms with E-state index in [-0.39, 0.29) is 18.1 Å². The summed E-state index contributed by atoms with van der Waals surface area (Å²) in [6, 6.07) is 10.1. The molecule has 4 nitrogen and oxygen atoms in total. The first-order valence-electron chi connectivity index (χ1n) is 5.33. The van der Waals surface area contributed by atoms with Gasteiger partial charge in [0.15, 0.2) is 0 Å². The van der Waals surface area contributed by atoms with Crippen molar-refractivity contribution in [3.8, 4) is 5.75 Å².